The summed E-state index contributed by atoms with van der Waals surface area (Å²) in [6.45, 7) is 0. The highest BCUT2D eigenvalue weighted by Crippen LogP contribution is 2.32. The molecule has 1 aliphatic carbocycles. The van der Waals surface area contributed by atoms with Gasteiger partial charge in [0.25, 0.3) is 0 Å². The van der Waals surface area contributed by atoms with Crippen LogP contribution in [0.25, 0.3) is 0 Å². The normalized spacial score (nSPS) is 29.2. The standard InChI is InChI=1S/C8H10Cl2O2/c9-7(10)5-3-1-2-4-6(5)8(11)12/h1-2,5-7H,3-4H2,(H,11,12). The lowest BCUT2D eigenvalue weighted by Gasteiger charge is -2.25. The summed E-state index contributed by atoms with van der Waals surface area (Å²) in [6.07, 6.45) is 5.00. The highest BCUT2D eigenvalue weighted by atomic mass is 35.5. The molecule has 0 heterocycles. The molecule has 0 aromatic heterocycles. The largest absolute Gasteiger partial charge is 0.481 e. The number of aliphatic carboxylic acids is 1. The van der Waals surface area contributed by atoms with Crippen LogP contribution in [0, 0.1) is 11.8 Å². The van der Waals surface area contributed by atoms with Gasteiger partial charge in [0.2, 0.25) is 0 Å². The van der Waals surface area contributed by atoms with Crippen molar-refractivity contribution in [1.82, 2.24) is 0 Å². The van der Waals surface area contributed by atoms with E-state index >= 15 is 0 Å². The van der Waals surface area contributed by atoms with Gasteiger partial charge in [-0.05, 0) is 12.8 Å². The van der Waals surface area contributed by atoms with Gasteiger partial charge in [0.05, 0.1) is 5.92 Å². The van der Waals surface area contributed by atoms with E-state index in [-0.39, 0.29) is 5.92 Å². The number of halogens is 2. The number of carbonyl (C=O) groups is 1. The molecule has 0 aliphatic heterocycles. The summed E-state index contributed by atoms with van der Waals surface area (Å²) >= 11 is 11.3. The van der Waals surface area contributed by atoms with Crippen molar-refractivity contribution in [3.63, 3.8) is 0 Å². The van der Waals surface area contributed by atoms with E-state index in [0.29, 0.717) is 12.8 Å². The molecule has 0 bridgehead atoms. The molecule has 4 heteroatoms. The van der Waals surface area contributed by atoms with Crippen LogP contribution in [0.3, 0.4) is 0 Å². The summed E-state index contributed by atoms with van der Waals surface area (Å²) in [4.78, 5) is 10.1. The van der Waals surface area contributed by atoms with Crippen molar-refractivity contribution < 1.29 is 9.90 Å². The average Bonchev–Trinajstić information content (AvgIpc) is 2.04. The van der Waals surface area contributed by atoms with Crippen molar-refractivity contribution in [3.8, 4) is 0 Å². The first-order chi connectivity index (χ1) is 5.63. The van der Waals surface area contributed by atoms with Crippen LogP contribution in [0.15, 0.2) is 12.2 Å². The molecule has 2 nitrogen and oxygen atoms in total. The third kappa shape index (κ3) is 2.14. The number of alkyl halides is 2. The van der Waals surface area contributed by atoms with Crippen LogP contribution in [0.1, 0.15) is 12.8 Å². The number of allylic oxidation sites excluding steroid dienone is 2. The van der Waals surface area contributed by atoms with E-state index in [1.165, 1.54) is 0 Å². The molecule has 2 atom stereocenters. The Morgan fingerprint density at radius 3 is 2.42 bits per heavy atom. The van der Waals surface area contributed by atoms with Crippen molar-refractivity contribution in [2.75, 3.05) is 0 Å². The molecule has 68 valence electrons. The van der Waals surface area contributed by atoms with Crippen molar-refractivity contribution in [2.24, 2.45) is 11.8 Å². The van der Waals surface area contributed by atoms with E-state index in [1.54, 1.807) is 0 Å². The molecule has 1 N–H and O–H groups in total. The minimum Gasteiger partial charge on any atom is -0.481 e. The lowest BCUT2D eigenvalue weighted by Crippen LogP contribution is -2.29. The van der Waals surface area contributed by atoms with E-state index in [2.05, 4.69) is 0 Å². The molecule has 2 unspecified atom stereocenters. The molecule has 1 rings (SSSR count). The zero-order valence-corrected chi connectivity index (χ0v) is 7.92. The predicted octanol–water partition coefficient (Wildman–Crippen LogP) is 2.46. The van der Waals surface area contributed by atoms with Crippen molar-refractivity contribution >= 4 is 29.2 Å². The minimum atomic E-state index is -0.810. The maximum absolute atomic E-state index is 10.7. The fourth-order valence-electron chi connectivity index (χ4n) is 1.40. The molecule has 0 saturated carbocycles. The Bertz CT molecular complexity index is 201. The van der Waals surface area contributed by atoms with Crippen LogP contribution in [0.4, 0.5) is 0 Å². The van der Waals surface area contributed by atoms with E-state index in [4.69, 9.17) is 28.3 Å². The maximum Gasteiger partial charge on any atom is 0.307 e. The number of carboxylic acids is 1. The molecule has 0 aromatic rings. The second-order valence-electron chi connectivity index (χ2n) is 2.89. The Hall–Kier alpha value is -0.210. The van der Waals surface area contributed by atoms with E-state index in [1.807, 2.05) is 12.2 Å². The Morgan fingerprint density at radius 2 is 2.00 bits per heavy atom. The van der Waals surface area contributed by atoms with Gasteiger partial charge in [0, 0.05) is 5.92 Å². The van der Waals surface area contributed by atoms with Gasteiger partial charge in [0.15, 0.2) is 0 Å². The average molecular weight is 209 g/mol. The SMILES string of the molecule is O=C(O)C1CC=CCC1C(Cl)Cl. The molecule has 1 aliphatic rings. The zero-order chi connectivity index (χ0) is 9.14. The molecule has 0 amide bonds. The summed E-state index contributed by atoms with van der Waals surface area (Å²) in [5.41, 5.74) is 0. The number of hydrogen-bond donors (Lipinski definition) is 1. The van der Waals surface area contributed by atoms with E-state index in [0.717, 1.165) is 0 Å². The summed E-state index contributed by atoms with van der Waals surface area (Å²) in [5, 5.41) is 8.81. The zero-order valence-electron chi connectivity index (χ0n) is 6.41. The second-order valence-corrected chi connectivity index (χ2v) is 4.05. The van der Waals surface area contributed by atoms with Crippen LogP contribution in [0.2, 0.25) is 0 Å². The second kappa shape index (κ2) is 4.15. The van der Waals surface area contributed by atoms with Crippen LogP contribution in [0.5, 0.6) is 0 Å². The van der Waals surface area contributed by atoms with Crippen LogP contribution in [-0.4, -0.2) is 15.9 Å². The first-order valence-electron chi connectivity index (χ1n) is 3.79. The first-order valence-corrected chi connectivity index (χ1v) is 4.66. The Kier molecular flexibility index (Phi) is 3.41. The highest BCUT2D eigenvalue weighted by Gasteiger charge is 2.32. The lowest BCUT2D eigenvalue weighted by atomic mass is 9.84. The van der Waals surface area contributed by atoms with Gasteiger partial charge in [0.1, 0.15) is 4.84 Å². The van der Waals surface area contributed by atoms with Crippen LogP contribution in [-0.2, 0) is 4.79 Å². The molecular formula is C8H10Cl2O2. The van der Waals surface area contributed by atoms with Gasteiger partial charge >= 0.3 is 5.97 Å². The molecule has 0 radical (unpaired) electrons. The van der Waals surface area contributed by atoms with Crippen molar-refractivity contribution in [3.05, 3.63) is 12.2 Å². The summed E-state index contributed by atoms with van der Waals surface area (Å²) in [7, 11) is 0. The van der Waals surface area contributed by atoms with E-state index in [9.17, 15) is 4.79 Å². The maximum atomic E-state index is 10.7. The van der Waals surface area contributed by atoms with Gasteiger partial charge < -0.3 is 5.11 Å². The van der Waals surface area contributed by atoms with Gasteiger partial charge in [-0.25, -0.2) is 0 Å². The lowest BCUT2D eigenvalue weighted by molar-refractivity contribution is -0.143. The summed E-state index contributed by atoms with van der Waals surface area (Å²) in [5.74, 6) is -1.37. The number of rotatable bonds is 2. The smallest absolute Gasteiger partial charge is 0.307 e. The van der Waals surface area contributed by atoms with Gasteiger partial charge in [-0.2, -0.15) is 0 Å². The van der Waals surface area contributed by atoms with Gasteiger partial charge in [-0.1, -0.05) is 12.2 Å². The third-order valence-electron chi connectivity index (χ3n) is 2.12. The first kappa shape index (κ1) is 9.87. The Morgan fingerprint density at radius 1 is 1.42 bits per heavy atom. The third-order valence-corrected chi connectivity index (χ3v) is 2.77. The van der Waals surface area contributed by atoms with Crippen molar-refractivity contribution in [1.29, 1.82) is 0 Å². The molecule has 12 heavy (non-hydrogen) atoms. The monoisotopic (exact) mass is 208 g/mol. The van der Waals surface area contributed by atoms with Gasteiger partial charge in [-0.3, -0.25) is 4.79 Å². The Labute approximate surface area is 81.2 Å². The Balaban J connectivity index is 2.69. The topological polar surface area (TPSA) is 37.3 Å². The number of carboxylic acid groups (broad SMARTS) is 1. The summed E-state index contributed by atoms with van der Waals surface area (Å²) < 4.78 is 0. The fourth-order valence-corrected chi connectivity index (χ4v) is 1.95. The highest BCUT2D eigenvalue weighted by molar-refractivity contribution is 6.44. The molecule has 0 fully saturated rings. The van der Waals surface area contributed by atoms with E-state index < -0.39 is 16.7 Å². The molecule has 0 aromatic carbocycles. The summed E-state index contributed by atoms with van der Waals surface area (Å²) in [6, 6.07) is 0. The van der Waals surface area contributed by atoms with Crippen LogP contribution < -0.4 is 0 Å². The predicted molar refractivity (Wildman–Crippen MR) is 48.5 cm³/mol. The quantitative estimate of drug-likeness (QED) is 0.560. The molecular weight excluding hydrogens is 199 g/mol. The van der Waals surface area contributed by atoms with Crippen LogP contribution >= 0.6 is 23.2 Å². The number of hydrogen-bond acceptors (Lipinski definition) is 1. The van der Waals surface area contributed by atoms with Crippen molar-refractivity contribution in [2.45, 2.75) is 17.7 Å². The molecule has 0 saturated heterocycles. The molecule has 0 spiro atoms. The minimum absolute atomic E-state index is 0.143. The fraction of sp³-hybridized carbons (Fsp3) is 0.625. The van der Waals surface area contributed by atoms with Gasteiger partial charge in [-0.15, -0.1) is 23.2 Å².